The summed E-state index contributed by atoms with van der Waals surface area (Å²) in [5.41, 5.74) is 1.27. The van der Waals surface area contributed by atoms with E-state index in [2.05, 4.69) is 0 Å². The van der Waals surface area contributed by atoms with E-state index in [1.807, 2.05) is 20.8 Å². The highest BCUT2D eigenvalue weighted by Gasteiger charge is 2.55. The van der Waals surface area contributed by atoms with Gasteiger partial charge in [0, 0.05) is 36.0 Å². The second-order valence-electron chi connectivity index (χ2n) is 9.05. The maximum absolute atomic E-state index is 12.9. The molecule has 0 aromatic heterocycles. The van der Waals surface area contributed by atoms with E-state index in [0.717, 1.165) is 5.57 Å². The quantitative estimate of drug-likeness (QED) is 0.680. The molecule has 7 heteroatoms. The Kier molecular flexibility index (Phi) is 5.71. The van der Waals surface area contributed by atoms with Crippen LogP contribution in [0.25, 0.3) is 0 Å². The first-order valence-corrected chi connectivity index (χ1v) is 10.2. The molecular weight excluding hydrogens is 388 g/mol. The van der Waals surface area contributed by atoms with Gasteiger partial charge in [0.15, 0.2) is 5.76 Å². The Balaban J connectivity index is 1.96. The van der Waals surface area contributed by atoms with Gasteiger partial charge in [-0.2, -0.15) is 0 Å². The number of aliphatic hydroxyl groups excluding tert-OH is 1. The molecule has 30 heavy (non-hydrogen) atoms. The summed E-state index contributed by atoms with van der Waals surface area (Å²) in [6.45, 7) is 8.90. The average molecular weight is 418 g/mol. The fourth-order valence-electron chi connectivity index (χ4n) is 5.37. The Morgan fingerprint density at radius 1 is 1.27 bits per heavy atom. The molecule has 0 spiro atoms. The van der Waals surface area contributed by atoms with Crippen LogP contribution in [-0.4, -0.2) is 42.3 Å². The topological polar surface area (TPSA) is 99.1 Å². The number of cyclic esters (lactones) is 1. The largest absolute Gasteiger partial charge is 0.504 e. The summed E-state index contributed by atoms with van der Waals surface area (Å²) < 4.78 is 15.7. The molecule has 1 aliphatic heterocycles. The molecule has 0 bridgehead atoms. The molecule has 2 aliphatic carbocycles. The molecule has 1 N–H and O–H groups in total. The van der Waals surface area contributed by atoms with E-state index in [9.17, 15) is 19.5 Å². The SMILES string of the molecule is COC1C=C(CCC2=C(C)C(=O)C(O)=C3C(C)(C)[C@H](OC(C)=O)CC[C@]23C)C(=O)O1. The van der Waals surface area contributed by atoms with Gasteiger partial charge in [-0.25, -0.2) is 4.79 Å². The number of ketones is 1. The summed E-state index contributed by atoms with van der Waals surface area (Å²) in [6, 6.07) is 0. The second kappa shape index (κ2) is 7.69. The van der Waals surface area contributed by atoms with E-state index in [0.29, 0.717) is 42.4 Å². The lowest BCUT2D eigenvalue weighted by molar-refractivity contribution is -0.155. The Bertz CT molecular complexity index is 889. The third kappa shape index (κ3) is 3.49. The predicted octanol–water partition coefficient (Wildman–Crippen LogP) is 3.69. The van der Waals surface area contributed by atoms with Gasteiger partial charge >= 0.3 is 11.9 Å². The van der Waals surface area contributed by atoms with Crippen LogP contribution in [0.4, 0.5) is 0 Å². The van der Waals surface area contributed by atoms with E-state index in [1.54, 1.807) is 13.0 Å². The van der Waals surface area contributed by atoms with Gasteiger partial charge in [0.05, 0.1) is 0 Å². The smallest absolute Gasteiger partial charge is 0.336 e. The van der Waals surface area contributed by atoms with E-state index in [-0.39, 0.29) is 11.7 Å². The lowest BCUT2D eigenvalue weighted by Gasteiger charge is -2.52. The maximum Gasteiger partial charge on any atom is 0.336 e. The van der Waals surface area contributed by atoms with Crippen molar-refractivity contribution in [1.82, 2.24) is 0 Å². The normalized spacial score (nSPS) is 30.8. The number of esters is 2. The van der Waals surface area contributed by atoms with Crippen molar-refractivity contribution in [3.05, 3.63) is 34.1 Å². The summed E-state index contributed by atoms with van der Waals surface area (Å²) >= 11 is 0. The van der Waals surface area contributed by atoms with Crippen molar-refractivity contribution in [2.75, 3.05) is 7.11 Å². The summed E-state index contributed by atoms with van der Waals surface area (Å²) in [4.78, 5) is 36.6. The van der Waals surface area contributed by atoms with E-state index in [4.69, 9.17) is 14.2 Å². The van der Waals surface area contributed by atoms with Gasteiger partial charge in [0.25, 0.3) is 0 Å². The molecule has 0 saturated heterocycles. The standard InChI is InChI=1S/C23H30O7/c1-12-15(8-7-14-11-17(28-6)30-21(14)27)23(5)10-9-16(29-13(2)24)22(3,4)20(23)19(26)18(12)25/h11,16-17,26H,7-10H2,1-6H3/t16-,17?,23-/m1/s1. The van der Waals surface area contributed by atoms with Crippen LogP contribution in [-0.2, 0) is 28.6 Å². The Morgan fingerprint density at radius 2 is 1.93 bits per heavy atom. The van der Waals surface area contributed by atoms with Crippen molar-refractivity contribution in [2.45, 2.75) is 72.7 Å². The zero-order chi connectivity index (χ0) is 22.4. The zero-order valence-electron chi connectivity index (χ0n) is 18.5. The molecule has 1 heterocycles. The molecule has 3 rings (SSSR count). The van der Waals surface area contributed by atoms with Crippen LogP contribution in [0.2, 0.25) is 0 Å². The lowest BCUT2D eigenvalue weighted by atomic mass is 9.53. The van der Waals surface area contributed by atoms with Gasteiger partial charge in [-0.15, -0.1) is 0 Å². The van der Waals surface area contributed by atoms with Crippen LogP contribution < -0.4 is 0 Å². The first-order valence-electron chi connectivity index (χ1n) is 10.2. The van der Waals surface area contributed by atoms with Gasteiger partial charge in [0.1, 0.15) is 6.10 Å². The summed E-state index contributed by atoms with van der Waals surface area (Å²) in [5.74, 6) is -1.46. The minimum atomic E-state index is -0.711. The van der Waals surface area contributed by atoms with Gasteiger partial charge in [-0.05, 0) is 44.3 Å². The highest BCUT2D eigenvalue weighted by molar-refractivity contribution is 6.09. The average Bonchev–Trinajstić information content (AvgIpc) is 3.02. The number of Topliss-reactive ketones (excluding diaryl/α,β-unsaturated/α-hetero) is 1. The molecule has 1 saturated carbocycles. The van der Waals surface area contributed by atoms with Crippen LogP contribution in [0.1, 0.15) is 60.3 Å². The molecule has 3 aliphatic rings. The number of hydrogen-bond acceptors (Lipinski definition) is 7. The predicted molar refractivity (Wildman–Crippen MR) is 108 cm³/mol. The summed E-state index contributed by atoms with van der Waals surface area (Å²) in [6.07, 6.45) is 2.68. The molecule has 3 atom stereocenters. The molecule has 0 amide bonds. The second-order valence-corrected chi connectivity index (χ2v) is 9.05. The number of aliphatic hydroxyl groups is 1. The van der Waals surface area contributed by atoms with Crippen LogP contribution in [0.3, 0.4) is 0 Å². The van der Waals surface area contributed by atoms with Crippen LogP contribution in [0, 0.1) is 10.8 Å². The lowest BCUT2D eigenvalue weighted by Crippen LogP contribution is -2.49. The van der Waals surface area contributed by atoms with Gasteiger partial charge in [-0.3, -0.25) is 9.59 Å². The van der Waals surface area contributed by atoms with Crippen molar-refractivity contribution < 1.29 is 33.7 Å². The Morgan fingerprint density at radius 3 is 2.50 bits per heavy atom. The molecular formula is C23H30O7. The first-order chi connectivity index (χ1) is 13.9. The highest BCUT2D eigenvalue weighted by atomic mass is 16.7. The number of hydrogen-bond donors (Lipinski definition) is 1. The number of rotatable bonds is 5. The fourth-order valence-corrected chi connectivity index (χ4v) is 5.37. The zero-order valence-corrected chi connectivity index (χ0v) is 18.5. The van der Waals surface area contributed by atoms with Crippen molar-refractivity contribution >= 4 is 17.7 Å². The monoisotopic (exact) mass is 418 g/mol. The fraction of sp³-hybridized carbons (Fsp3) is 0.609. The minimum Gasteiger partial charge on any atom is -0.504 e. The number of carbonyl (C=O) groups excluding carboxylic acids is 3. The van der Waals surface area contributed by atoms with Gasteiger partial charge in [0.2, 0.25) is 12.1 Å². The van der Waals surface area contributed by atoms with Gasteiger partial charge in [-0.1, -0.05) is 26.3 Å². The first kappa shape index (κ1) is 22.3. The van der Waals surface area contributed by atoms with Crippen molar-refractivity contribution in [3.8, 4) is 0 Å². The minimum absolute atomic E-state index is 0.250. The number of fused-ring (bicyclic) bond motifs is 1. The van der Waals surface area contributed by atoms with Crippen molar-refractivity contribution in [2.24, 2.45) is 10.8 Å². The van der Waals surface area contributed by atoms with Crippen molar-refractivity contribution in [3.63, 3.8) is 0 Å². The number of carbonyl (C=O) groups is 3. The van der Waals surface area contributed by atoms with Crippen LogP contribution in [0.15, 0.2) is 34.1 Å². The molecule has 0 radical (unpaired) electrons. The molecule has 0 aromatic rings. The highest BCUT2D eigenvalue weighted by Crippen LogP contribution is 2.59. The summed E-state index contributed by atoms with van der Waals surface area (Å²) in [7, 11) is 1.47. The number of allylic oxidation sites excluding steroid dienone is 2. The number of methoxy groups -OCH3 is 1. The summed E-state index contributed by atoms with van der Waals surface area (Å²) in [5, 5.41) is 10.9. The molecule has 1 fully saturated rings. The van der Waals surface area contributed by atoms with E-state index >= 15 is 0 Å². The third-order valence-electron chi connectivity index (χ3n) is 6.83. The maximum atomic E-state index is 12.9. The van der Waals surface area contributed by atoms with E-state index < -0.39 is 35.0 Å². The molecule has 0 aromatic carbocycles. The number of ether oxygens (including phenoxy) is 3. The van der Waals surface area contributed by atoms with Crippen LogP contribution >= 0.6 is 0 Å². The van der Waals surface area contributed by atoms with E-state index in [1.165, 1.54) is 14.0 Å². The Labute approximate surface area is 176 Å². The molecule has 7 nitrogen and oxygen atoms in total. The molecule has 164 valence electrons. The molecule has 1 unspecified atom stereocenters. The third-order valence-corrected chi connectivity index (χ3v) is 6.83. The van der Waals surface area contributed by atoms with Crippen molar-refractivity contribution in [1.29, 1.82) is 0 Å². The Hall–Kier alpha value is -2.41. The van der Waals surface area contributed by atoms with Gasteiger partial charge < -0.3 is 19.3 Å². The van der Waals surface area contributed by atoms with Crippen LogP contribution in [0.5, 0.6) is 0 Å².